The number of pyridine rings is 1. The van der Waals surface area contributed by atoms with Crippen LogP contribution < -0.4 is 10.3 Å². The molecule has 2 N–H and O–H groups in total. The van der Waals surface area contributed by atoms with E-state index in [4.69, 9.17) is 5.73 Å². The quantitative estimate of drug-likeness (QED) is 0.741. The first-order chi connectivity index (χ1) is 8.99. The van der Waals surface area contributed by atoms with Crippen molar-refractivity contribution in [3.05, 3.63) is 36.7 Å². The molecule has 19 heavy (non-hydrogen) atoms. The smallest absolute Gasteiger partial charge is 0.178 e. The van der Waals surface area contributed by atoms with Gasteiger partial charge in [0.05, 0.1) is 5.56 Å². The normalized spacial score (nSPS) is 15.8. The average molecular weight is 261 g/mol. The van der Waals surface area contributed by atoms with Crippen LogP contribution in [0.4, 0.5) is 0 Å². The fourth-order valence-electron chi connectivity index (χ4n) is 2.39. The summed E-state index contributed by atoms with van der Waals surface area (Å²) in [4.78, 5) is 0. The predicted molar refractivity (Wildman–Crippen MR) is 82.4 cm³/mol. The highest BCUT2D eigenvalue weighted by molar-refractivity contribution is 5.58. The molecular weight excluding hydrogens is 232 g/mol. The van der Waals surface area contributed by atoms with Gasteiger partial charge in [-0.3, -0.25) is 0 Å². The van der Waals surface area contributed by atoms with Gasteiger partial charge in [0, 0.05) is 24.1 Å². The number of hydrogen-bond donors (Lipinski definition) is 1. The SMILES string of the molecule is C=C(N)c1ccc[n+](C(CC(C)CC)C(C)CC)c1. The zero-order valence-corrected chi connectivity index (χ0v) is 12.9. The van der Waals surface area contributed by atoms with Crippen LogP contribution in [0.3, 0.4) is 0 Å². The van der Waals surface area contributed by atoms with Crippen molar-refractivity contribution in [2.45, 2.75) is 53.0 Å². The van der Waals surface area contributed by atoms with Gasteiger partial charge in [0.1, 0.15) is 0 Å². The van der Waals surface area contributed by atoms with Crippen molar-refractivity contribution in [3.63, 3.8) is 0 Å². The van der Waals surface area contributed by atoms with Gasteiger partial charge in [-0.05, 0) is 18.4 Å². The third-order valence-electron chi connectivity index (χ3n) is 4.22. The summed E-state index contributed by atoms with van der Waals surface area (Å²) in [5, 5.41) is 0. The topological polar surface area (TPSA) is 29.9 Å². The van der Waals surface area contributed by atoms with Crippen molar-refractivity contribution in [1.82, 2.24) is 0 Å². The second kappa shape index (κ2) is 7.32. The zero-order chi connectivity index (χ0) is 14.4. The van der Waals surface area contributed by atoms with Crippen LogP contribution in [0, 0.1) is 11.8 Å². The largest absolute Gasteiger partial charge is 0.399 e. The summed E-state index contributed by atoms with van der Waals surface area (Å²) < 4.78 is 2.33. The average Bonchev–Trinajstić information content (AvgIpc) is 2.43. The minimum atomic E-state index is 0.541. The molecule has 0 saturated heterocycles. The van der Waals surface area contributed by atoms with Crippen molar-refractivity contribution < 1.29 is 4.57 Å². The van der Waals surface area contributed by atoms with E-state index in [1.54, 1.807) is 0 Å². The minimum absolute atomic E-state index is 0.541. The molecule has 1 aromatic heterocycles. The summed E-state index contributed by atoms with van der Waals surface area (Å²) in [6, 6.07) is 4.63. The second-order valence-corrected chi connectivity index (χ2v) is 5.77. The number of nitrogens with two attached hydrogens (primary N) is 1. The lowest BCUT2D eigenvalue weighted by atomic mass is 9.89. The van der Waals surface area contributed by atoms with Gasteiger partial charge >= 0.3 is 0 Å². The summed E-state index contributed by atoms with van der Waals surface area (Å²) in [7, 11) is 0. The van der Waals surface area contributed by atoms with Gasteiger partial charge in [0.15, 0.2) is 18.4 Å². The number of aromatic nitrogens is 1. The molecule has 1 heterocycles. The Balaban J connectivity index is 3.02. The summed E-state index contributed by atoms with van der Waals surface area (Å²) in [6.45, 7) is 13.0. The van der Waals surface area contributed by atoms with E-state index in [0.29, 0.717) is 17.7 Å². The molecule has 1 rings (SSSR count). The Morgan fingerprint density at radius 1 is 1.32 bits per heavy atom. The Labute approximate surface area is 118 Å². The highest BCUT2D eigenvalue weighted by atomic mass is 15.0. The Bertz CT molecular complexity index is 411. The van der Waals surface area contributed by atoms with E-state index in [1.165, 1.54) is 19.3 Å². The van der Waals surface area contributed by atoms with E-state index >= 15 is 0 Å². The van der Waals surface area contributed by atoms with Crippen molar-refractivity contribution in [1.29, 1.82) is 0 Å². The van der Waals surface area contributed by atoms with Gasteiger partial charge in [-0.1, -0.05) is 40.7 Å². The maximum Gasteiger partial charge on any atom is 0.178 e. The molecule has 0 saturated carbocycles. The molecule has 0 aromatic carbocycles. The van der Waals surface area contributed by atoms with Crippen molar-refractivity contribution in [2.24, 2.45) is 17.6 Å². The molecule has 0 amide bonds. The number of rotatable bonds is 7. The van der Waals surface area contributed by atoms with Crippen molar-refractivity contribution in [3.8, 4) is 0 Å². The third kappa shape index (κ3) is 4.38. The standard InChI is InChI=1S/C17H29N2/c1-6-13(3)11-17(14(4)7-2)19-10-8-9-16(12-19)15(5)18/h8-10,12-14,17H,5-7,11,18H2,1-4H3/q+1. The molecule has 0 aliphatic rings. The predicted octanol–water partition coefficient (Wildman–Crippen LogP) is 3.93. The van der Waals surface area contributed by atoms with Gasteiger partial charge in [-0.15, -0.1) is 0 Å². The van der Waals surface area contributed by atoms with Gasteiger partial charge in [-0.2, -0.15) is 0 Å². The summed E-state index contributed by atoms with van der Waals surface area (Å²) >= 11 is 0. The zero-order valence-electron chi connectivity index (χ0n) is 12.9. The fraction of sp³-hybridized carbons (Fsp3) is 0.588. The lowest BCUT2D eigenvalue weighted by Gasteiger charge is -2.21. The molecule has 2 heteroatoms. The molecule has 0 radical (unpaired) electrons. The third-order valence-corrected chi connectivity index (χ3v) is 4.22. The molecule has 3 unspecified atom stereocenters. The minimum Gasteiger partial charge on any atom is -0.399 e. The van der Waals surface area contributed by atoms with Crippen LogP contribution in [-0.4, -0.2) is 0 Å². The highest BCUT2D eigenvalue weighted by Gasteiger charge is 2.26. The first-order valence-electron chi connectivity index (χ1n) is 7.45. The summed E-state index contributed by atoms with van der Waals surface area (Å²) in [5.74, 6) is 1.41. The Morgan fingerprint density at radius 2 is 2.00 bits per heavy atom. The van der Waals surface area contributed by atoms with E-state index in [1.807, 2.05) is 6.07 Å². The van der Waals surface area contributed by atoms with E-state index in [2.05, 4.69) is 57.3 Å². The molecular formula is C17H29N2+. The monoisotopic (exact) mass is 261 g/mol. The Kier molecular flexibility index (Phi) is 6.07. The van der Waals surface area contributed by atoms with Crippen molar-refractivity contribution >= 4 is 5.70 Å². The van der Waals surface area contributed by atoms with Crippen LogP contribution in [0.25, 0.3) is 5.70 Å². The van der Waals surface area contributed by atoms with Crippen LogP contribution in [0.1, 0.15) is 58.6 Å². The number of nitrogens with zero attached hydrogens (tertiary/aromatic N) is 1. The van der Waals surface area contributed by atoms with E-state index in [-0.39, 0.29) is 0 Å². The summed E-state index contributed by atoms with van der Waals surface area (Å²) in [6.07, 6.45) is 7.95. The van der Waals surface area contributed by atoms with Gasteiger partial charge in [-0.25, -0.2) is 4.57 Å². The lowest BCUT2D eigenvalue weighted by Crippen LogP contribution is -2.43. The fourth-order valence-corrected chi connectivity index (χ4v) is 2.39. The Hall–Kier alpha value is -1.31. The molecule has 0 spiro atoms. The molecule has 0 aliphatic carbocycles. The van der Waals surface area contributed by atoms with Gasteiger partial charge in [0.2, 0.25) is 0 Å². The molecule has 0 fully saturated rings. The van der Waals surface area contributed by atoms with Crippen LogP contribution in [0.15, 0.2) is 31.1 Å². The summed E-state index contributed by atoms with van der Waals surface area (Å²) in [5.41, 5.74) is 7.48. The molecule has 0 bridgehead atoms. The molecule has 2 nitrogen and oxygen atoms in total. The Morgan fingerprint density at radius 3 is 2.53 bits per heavy atom. The maximum atomic E-state index is 5.81. The van der Waals surface area contributed by atoms with Gasteiger partial charge < -0.3 is 5.73 Å². The van der Waals surface area contributed by atoms with Crippen molar-refractivity contribution in [2.75, 3.05) is 0 Å². The van der Waals surface area contributed by atoms with E-state index in [0.717, 1.165) is 11.5 Å². The van der Waals surface area contributed by atoms with Crippen LogP contribution in [-0.2, 0) is 0 Å². The molecule has 106 valence electrons. The van der Waals surface area contributed by atoms with Gasteiger partial charge in [0.25, 0.3) is 0 Å². The van der Waals surface area contributed by atoms with E-state index in [9.17, 15) is 0 Å². The lowest BCUT2D eigenvalue weighted by molar-refractivity contribution is -0.731. The van der Waals surface area contributed by atoms with E-state index < -0.39 is 0 Å². The number of hydrogen-bond acceptors (Lipinski definition) is 1. The van der Waals surface area contributed by atoms with Crippen LogP contribution >= 0.6 is 0 Å². The first-order valence-corrected chi connectivity index (χ1v) is 7.45. The first kappa shape index (κ1) is 15.7. The van der Waals surface area contributed by atoms with Crippen LogP contribution in [0.2, 0.25) is 0 Å². The second-order valence-electron chi connectivity index (χ2n) is 5.77. The highest BCUT2D eigenvalue weighted by Crippen LogP contribution is 2.25. The molecule has 3 atom stereocenters. The maximum absolute atomic E-state index is 5.81. The van der Waals surface area contributed by atoms with Crippen LogP contribution in [0.5, 0.6) is 0 Å². The molecule has 0 aliphatic heterocycles. The molecule has 1 aromatic rings.